The number of ether oxygens (including phenoxy) is 2. The van der Waals surface area contributed by atoms with Crippen molar-refractivity contribution >= 4 is 17.2 Å². The van der Waals surface area contributed by atoms with Gasteiger partial charge in [-0.2, -0.15) is 0 Å². The molecule has 0 atom stereocenters. The van der Waals surface area contributed by atoms with Crippen molar-refractivity contribution < 1.29 is 14.3 Å². The molecule has 0 saturated carbocycles. The van der Waals surface area contributed by atoms with Crippen molar-refractivity contribution in [2.24, 2.45) is 0 Å². The normalized spacial score (nSPS) is 10.5. The lowest BCUT2D eigenvalue weighted by Gasteiger charge is -2.17. The second-order valence-electron chi connectivity index (χ2n) is 6.44. The van der Waals surface area contributed by atoms with Gasteiger partial charge in [-0.05, 0) is 24.1 Å². The van der Waals surface area contributed by atoms with Gasteiger partial charge in [-0.25, -0.2) is 4.98 Å². The molecule has 0 aliphatic rings. The Labute approximate surface area is 169 Å². The van der Waals surface area contributed by atoms with E-state index in [0.717, 1.165) is 28.2 Å². The van der Waals surface area contributed by atoms with Crippen LogP contribution in [0.5, 0.6) is 11.5 Å². The average Bonchev–Trinajstić information content (AvgIpc) is 3.20. The Bertz CT molecular complexity index is 925. The fourth-order valence-electron chi connectivity index (χ4n) is 2.85. The van der Waals surface area contributed by atoms with Gasteiger partial charge in [-0.15, -0.1) is 11.3 Å². The highest BCUT2D eigenvalue weighted by Gasteiger charge is 2.13. The SMILES string of the molecule is COc1ccc(CCN(C)C(=O)Cc2csc(-c3ccccc3)n2)cc1OC. The quantitative estimate of drug-likeness (QED) is 0.576. The number of likely N-dealkylation sites (N-methyl/N-ethyl adjacent to an activating group) is 1. The maximum absolute atomic E-state index is 12.5. The van der Waals surface area contributed by atoms with Crippen LogP contribution in [0.25, 0.3) is 10.6 Å². The van der Waals surface area contributed by atoms with E-state index in [1.807, 2.05) is 61.0 Å². The molecule has 0 spiro atoms. The molecule has 0 N–H and O–H groups in total. The molecule has 0 fully saturated rings. The number of aromatic nitrogens is 1. The van der Waals surface area contributed by atoms with Crippen molar-refractivity contribution in [2.75, 3.05) is 27.8 Å². The number of carbonyl (C=O) groups excluding carboxylic acids is 1. The molecule has 3 aromatic rings. The van der Waals surface area contributed by atoms with Crippen molar-refractivity contribution in [1.82, 2.24) is 9.88 Å². The van der Waals surface area contributed by atoms with E-state index in [1.165, 1.54) is 0 Å². The van der Waals surface area contributed by atoms with E-state index in [-0.39, 0.29) is 5.91 Å². The number of amides is 1. The van der Waals surface area contributed by atoms with E-state index in [1.54, 1.807) is 30.5 Å². The van der Waals surface area contributed by atoms with Gasteiger partial charge in [0.1, 0.15) is 5.01 Å². The molecule has 1 aromatic heterocycles. The van der Waals surface area contributed by atoms with Crippen molar-refractivity contribution in [3.63, 3.8) is 0 Å². The van der Waals surface area contributed by atoms with Gasteiger partial charge in [0, 0.05) is 24.5 Å². The van der Waals surface area contributed by atoms with E-state index in [0.29, 0.717) is 24.5 Å². The molecule has 3 rings (SSSR count). The third-order valence-corrected chi connectivity index (χ3v) is 5.45. The Balaban J connectivity index is 1.56. The van der Waals surface area contributed by atoms with Gasteiger partial charge in [0.25, 0.3) is 0 Å². The molecule has 0 unspecified atom stereocenters. The number of hydrogen-bond donors (Lipinski definition) is 0. The van der Waals surface area contributed by atoms with Gasteiger partial charge < -0.3 is 14.4 Å². The maximum Gasteiger partial charge on any atom is 0.228 e. The monoisotopic (exact) mass is 396 g/mol. The van der Waals surface area contributed by atoms with Crippen LogP contribution in [0.2, 0.25) is 0 Å². The van der Waals surface area contributed by atoms with Crippen molar-refractivity contribution in [2.45, 2.75) is 12.8 Å². The minimum Gasteiger partial charge on any atom is -0.493 e. The summed E-state index contributed by atoms with van der Waals surface area (Å²) in [4.78, 5) is 18.9. The molecule has 0 radical (unpaired) electrons. The summed E-state index contributed by atoms with van der Waals surface area (Å²) in [5, 5.41) is 2.90. The third-order valence-electron chi connectivity index (χ3n) is 4.51. The summed E-state index contributed by atoms with van der Waals surface area (Å²) in [5.74, 6) is 1.46. The van der Waals surface area contributed by atoms with Crippen LogP contribution in [0.4, 0.5) is 0 Å². The lowest BCUT2D eigenvalue weighted by molar-refractivity contribution is -0.129. The number of carbonyl (C=O) groups is 1. The number of thiazole rings is 1. The molecule has 146 valence electrons. The fraction of sp³-hybridized carbons (Fsp3) is 0.273. The first-order valence-electron chi connectivity index (χ1n) is 9.05. The fourth-order valence-corrected chi connectivity index (χ4v) is 3.67. The second-order valence-corrected chi connectivity index (χ2v) is 7.30. The average molecular weight is 397 g/mol. The zero-order valence-electron chi connectivity index (χ0n) is 16.3. The number of hydrogen-bond acceptors (Lipinski definition) is 5. The smallest absolute Gasteiger partial charge is 0.228 e. The topological polar surface area (TPSA) is 51.7 Å². The van der Waals surface area contributed by atoms with E-state index in [4.69, 9.17) is 9.47 Å². The van der Waals surface area contributed by atoms with Gasteiger partial charge in [0.15, 0.2) is 11.5 Å². The molecule has 28 heavy (non-hydrogen) atoms. The molecule has 1 amide bonds. The van der Waals surface area contributed by atoms with Gasteiger partial charge in [-0.1, -0.05) is 36.4 Å². The second kappa shape index (κ2) is 9.37. The number of benzene rings is 2. The van der Waals surface area contributed by atoms with Crippen LogP contribution in [0.3, 0.4) is 0 Å². The number of nitrogens with zero attached hydrogens (tertiary/aromatic N) is 2. The Morgan fingerprint density at radius 3 is 2.54 bits per heavy atom. The summed E-state index contributed by atoms with van der Waals surface area (Å²) in [6.07, 6.45) is 1.06. The first-order chi connectivity index (χ1) is 13.6. The zero-order chi connectivity index (χ0) is 19.9. The Hall–Kier alpha value is -2.86. The molecule has 2 aromatic carbocycles. The first kappa shape index (κ1) is 19.9. The van der Waals surface area contributed by atoms with E-state index < -0.39 is 0 Å². The lowest BCUT2D eigenvalue weighted by atomic mass is 10.1. The predicted octanol–water partition coefficient (Wildman–Crippen LogP) is 4.07. The first-order valence-corrected chi connectivity index (χ1v) is 9.93. The Kier molecular flexibility index (Phi) is 6.66. The molecular weight excluding hydrogens is 372 g/mol. The van der Waals surface area contributed by atoms with Crippen LogP contribution < -0.4 is 9.47 Å². The van der Waals surface area contributed by atoms with Crippen molar-refractivity contribution in [3.05, 3.63) is 65.2 Å². The summed E-state index contributed by atoms with van der Waals surface area (Å²) in [7, 11) is 5.06. The molecule has 0 bridgehead atoms. The zero-order valence-corrected chi connectivity index (χ0v) is 17.2. The molecular formula is C22H24N2O3S. The van der Waals surface area contributed by atoms with E-state index in [2.05, 4.69) is 4.98 Å². The van der Waals surface area contributed by atoms with Crippen LogP contribution >= 0.6 is 11.3 Å². The maximum atomic E-state index is 12.5. The van der Waals surface area contributed by atoms with Crippen LogP contribution in [0.1, 0.15) is 11.3 Å². The molecule has 0 aliphatic heterocycles. The third kappa shape index (κ3) is 4.89. The Morgan fingerprint density at radius 1 is 1.07 bits per heavy atom. The highest BCUT2D eigenvalue weighted by atomic mass is 32.1. The molecule has 0 saturated heterocycles. The molecule has 1 heterocycles. The van der Waals surface area contributed by atoms with Crippen LogP contribution in [-0.4, -0.2) is 43.6 Å². The number of rotatable bonds is 8. The summed E-state index contributed by atoms with van der Waals surface area (Å²) in [6, 6.07) is 15.8. The molecule has 5 nitrogen and oxygen atoms in total. The van der Waals surface area contributed by atoms with Crippen molar-refractivity contribution in [1.29, 1.82) is 0 Å². The Morgan fingerprint density at radius 2 is 1.82 bits per heavy atom. The van der Waals surface area contributed by atoms with E-state index >= 15 is 0 Å². The highest BCUT2D eigenvalue weighted by molar-refractivity contribution is 7.13. The summed E-state index contributed by atoms with van der Waals surface area (Å²) < 4.78 is 10.6. The number of methoxy groups -OCH3 is 2. The highest BCUT2D eigenvalue weighted by Crippen LogP contribution is 2.28. The summed E-state index contributed by atoms with van der Waals surface area (Å²) in [5.41, 5.74) is 2.98. The summed E-state index contributed by atoms with van der Waals surface area (Å²) in [6.45, 7) is 0.629. The summed E-state index contributed by atoms with van der Waals surface area (Å²) >= 11 is 1.57. The largest absolute Gasteiger partial charge is 0.493 e. The standard InChI is InChI=1S/C22H24N2O3S/c1-24(12-11-16-9-10-19(26-2)20(13-16)27-3)21(25)14-18-15-28-22(23-18)17-7-5-4-6-8-17/h4-10,13,15H,11-12,14H2,1-3H3. The minimum atomic E-state index is 0.0605. The van der Waals surface area contributed by atoms with Gasteiger partial charge >= 0.3 is 0 Å². The van der Waals surface area contributed by atoms with Gasteiger partial charge in [0.2, 0.25) is 5.91 Å². The van der Waals surface area contributed by atoms with Crippen LogP contribution in [0, 0.1) is 0 Å². The van der Waals surface area contributed by atoms with Crippen LogP contribution in [-0.2, 0) is 17.6 Å². The van der Waals surface area contributed by atoms with Gasteiger partial charge in [0.05, 0.1) is 26.3 Å². The minimum absolute atomic E-state index is 0.0605. The lowest BCUT2D eigenvalue weighted by Crippen LogP contribution is -2.30. The van der Waals surface area contributed by atoms with Crippen LogP contribution in [0.15, 0.2) is 53.9 Å². The van der Waals surface area contributed by atoms with E-state index in [9.17, 15) is 4.79 Å². The molecule has 0 aliphatic carbocycles. The van der Waals surface area contributed by atoms with Crippen molar-refractivity contribution in [3.8, 4) is 22.1 Å². The van der Waals surface area contributed by atoms with Gasteiger partial charge in [-0.3, -0.25) is 4.79 Å². The predicted molar refractivity (Wildman–Crippen MR) is 112 cm³/mol. The molecule has 6 heteroatoms.